The number of hydrogen-bond donors (Lipinski definition) is 3. The van der Waals surface area contributed by atoms with E-state index in [-0.39, 0.29) is 6.54 Å². The minimum Gasteiger partial charge on any atom is -0.387 e. The van der Waals surface area contributed by atoms with E-state index in [1.807, 2.05) is 55.4 Å². The van der Waals surface area contributed by atoms with Crippen LogP contribution >= 0.6 is 0 Å². The van der Waals surface area contributed by atoms with E-state index in [1.54, 1.807) is 10.9 Å². The van der Waals surface area contributed by atoms with Crippen molar-refractivity contribution < 1.29 is 34.3 Å². The lowest BCUT2D eigenvalue weighted by atomic mass is 9.71. The molecule has 33 heavy (non-hydrogen) atoms. The molecule has 2 aliphatic heterocycles. The van der Waals surface area contributed by atoms with Gasteiger partial charge in [-0.2, -0.15) is 0 Å². The highest BCUT2D eigenvalue weighted by Crippen LogP contribution is 2.45. The van der Waals surface area contributed by atoms with Crippen molar-refractivity contribution in [2.45, 2.75) is 129 Å². The smallest absolute Gasteiger partial charge is 0.187 e. The Kier molecular flexibility index (Phi) is 7.61. The summed E-state index contributed by atoms with van der Waals surface area (Å²) in [5, 5.41) is 41.0. The third kappa shape index (κ3) is 6.11. The van der Waals surface area contributed by atoms with Crippen molar-refractivity contribution in [2.75, 3.05) is 0 Å². The topological polar surface area (TPSA) is 128 Å². The number of ether oxygens (including phenoxy) is 4. The molecule has 8 unspecified atom stereocenters. The van der Waals surface area contributed by atoms with Gasteiger partial charge in [-0.05, 0) is 54.4 Å². The van der Waals surface area contributed by atoms with Gasteiger partial charge >= 0.3 is 0 Å². The van der Waals surface area contributed by atoms with Crippen LogP contribution in [-0.4, -0.2) is 84.6 Å². The van der Waals surface area contributed by atoms with E-state index in [0.29, 0.717) is 6.42 Å². The fraction of sp³-hybridized carbons (Fsp3) is 0.913. The molecule has 0 bridgehead atoms. The van der Waals surface area contributed by atoms with Crippen LogP contribution in [0.25, 0.3) is 0 Å². The molecule has 3 heterocycles. The highest BCUT2D eigenvalue weighted by Gasteiger charge is 2.53. The zero-order valence-corrected chi connectivity index (χ0v) is 21.1. The fourth-order valence-corrected chi connectivity index (χ4v) is 4.75. The maximum atomic E-state index is 11.1. The Morgan fingerprint density at radius 1 is 1.15 bits per heavy atom. The predicted octanol–water partition coefficient (Wildman–Crippen LogP) is 1.54. The standard InChI is InChI=1S/C23H41N3O7/c1-9-23(8)12-22(6,7)33-20(18(23)29)31-17-14(11-26-10-13(2)24-25-26)30-19(16(28)15(17)27)32-21(3,4)5/h10,14-20,27-29H,9,11-12H2,1-8H3. The molecule has 1 aromatic heterocycles. The molecular weight excluding hydrogens is 430 g/mol. The number of aliphatic hydroxyl groups is 3. The van der Waals surface area contributed by atoms with Crippen LogP contribution in [0.4, 0.5) is 0 Å². The summed E-state index contributed by atoms with van der Waals surface area (Å²) < 4.78 is 25.8. The van der Waals surface area contributed by atoms with Gasteiger partial charge in [0.05, 0.1) is 23.4 Å². The molecule has 10 nitrogen and oxygen atoms in total. The van der Waals surface area contributed by atoms with E-state index in [2.05, 4.69) is 10.3 Å². The first-order valence-electron chi connectivity index (χ1n) is 11.7. The summed E-state index contributed by atoms with van der Waals surface area (Å²) in [7, 11) is 0. The second-order valence-corrected chi connectivity index (χ2v) is 11.3. The normalized spacial score (nSPS) is 39.5. The van der Waals surface area contributed by atoms with Crippen LogP contribution in [0.1, 0.15) is 67.0 Å². The van der Waals surface area contributed by atoms with Gasteiger partial charge in [-0.3, -0.25) is 0 Å². The summed E-state index contributed by atoms with van der Waals surface area (Å²) in [6.07, 6.45) is -4.28. The molecule has 0 aliphatic carbocycles. The first kappa shape index (κ1) is 26.5. The predicted molar refractivity (Wildman–Crippen MR) is 119 cm³/mol. The van der Waals surface area contributed by atoms with Crippen molar-refractivity contribution in [3.05, 3.63) is 11.9 Å². The molecule has 0 aromatic carbocycles. The first-order valence-corrected chi connectivity index (χ1v) is 11.7. The fourth-order valence-electron chi connectivity index (χ4n) is 4.75. The van der Waals surface area contributed by atoms with Gasteiger partial charge in [-0.1, -0.05) is 19.1 Å². The Hall–Kier alpha value is -1.14. The van der Waals surface area contributed by atoms with Crippen molar-refractivity contribution in [1.82, 2.24) is 15.0 Å². The zero-order valence-electron chi connectivity index (χ0n) is 21.1. The molecule has 2 fully saturated rings. The highest BCUT2D eigenvalue weighted by molar-refractivity contribution is 4.97. The van der Waals surface area contributed by atoms with Gasteiger partial charge in [0.25, 0.3) is 0 Å². The lowest BCUT2D eigenvalue weighted by Gasteiger charge is -2.51. The zero-order chi connectivity index (χ0) is 24.8. The average Bonchev–Trinajstić information content (AvgIpc) is 3.09. The van der Waals surface area contributed by atoms with Gasteiger partial charge in [0.15, 0.2) is 12.6 Å². The Labute approximate surface area is 196 Å². The molecule has 1 aromatic rings. The molecule has 0 radical (unpaired) electrons. The first-order chi connectivity index (χ1) is 15.1. The molecule has 3 rings (SSSR count). The second-order valence-electron chi connectivity index (χ2n) is 11.3. The Morgan fingerprint density at radius 2 is 1.82 bits per heavy atom. The highest BCUT2D eigenvalue weighted by atomic mass is 16.7. The largest absolute Gasteiger partial charge is 0.387 e. The van der Waals surface area contributed by atoms with Crippen LogP contribution in [-0.2, 0) is 25.5 Å². The van der Waals surface area contributed by atoms with Crippen LogP contribution in [0, 0.1) is 12.3 Å². The third-order valence-electron chi connectivity index (χ3n) is 6.47. The maximum absolute atomic E-state index is 11.1. The molecule has 2 saturated heterocycles. The SMILES string of the molecule is CCC1(C)CC(C)(C)OC(OC2C(Cn3cc(C)nn3)OC(OC(C)(C)C)C(O)C2O)C1O. The van der Waals surface area contributed by atoms with Crippen LogP contribution < -0.4 is 0 Å². The van der Waals surface area contributed by atoms with E-state index in [1.165, 1.54) is 0 Å². The summed E-state index contributed by atoms with van der Waals surface area (Å²) in [4.78, 5) is 0. The molecule has 2 aliphatic rings. The number of aryl methyl sites for hydroxylation is 1. The van der Waals surface area contributed by atoms with Crippen LogP contribution in [0.2, 0.25) is 0 Å². The van der Waals surface area contributed by atoms with Gasteiger partial charge in [0.2, 0.25) is 0 Å². The van der Waals surface area contributed by atoms with Gasteiger partial charge < -0.3 is 34.3 Å². The number of hydrogen-bond acceptors (Lipinski definition) is 9. The van der Waals surface area contributed by atoms with Crippen LogP contribution in [0.15, 0.2) is 6.20 Å². The molecule has 3 N–H and O–H groups in total. The summed E-state index contributed by atoms with van der Waals surface area (Å²) >= 11 is 0. The lowest BCUT2D eigenvalue weighted by molar-refractivity contribution is -0.367. The van der Waals surface area contributed by atoms with Crippen molar-refractivity contribution in [2.24, 2.45) is 5.41 Å². The van der Waals surface area contributed by atoms with E-state index < -0.39 is 59.7 Å². The van der Waals surface area contributed by atoms with Crippen molar-refractivity contribution in [3.63, 3.8) is 0 Å². The number of aliphatic hydroxyl groups excluding tert-OH is 3. The maximum Gasteiger partial charge on any atom is 0.187 e. The number of rotatable bonds is 6. The summed E-state index contributed by atoms with van der Waals surface area (Å²) in [5.41, 5.74) is -0.840. The molecule has 8 atom stereocenters. The number of nitrogens with zero attached hydrogens (tertiary/aromatic N) is 3. The van der Waals surface area contributed by atoms with Gasteiger partial charge in [-0.25, -0.2) is 4.68 Å². The van der Waals surface area contributed by atoms with E-state index in [0.717, 1.165) is 12.1 Å². The molecule has 0 saturated carbocycles. The summed E-state index contributed by atoms with van der Waals surface area (Å²) in [5.74, 6) is 0. The second kappa shape index (κ2) is 9.49. The minimum absolute atomic E-state index is 0.205. The van der Waals surface area contributed by atoms with Crippen LogP contribution in [0.3, 0.4) is 0 Å². The van der Waals surface area contributed by atoms with Crippen molar-refractivity contribution in [1.29, 1.82) is 0 Å². The monoisotopic (exact) mass is 471 g/mol. The molecular formula is C23H41N3O7. The van der Waals surface area contributed by atoms with Gasteiger partial charge in [0.1, 0.15) is 30.5 Å². The summed E-state index contributed by atoms with van der Waals surface area (Å²) in [6.45, 7) is 15.5. The molecule has 10 heteroatoms. The average molecular weight is 472 g/mol. The summed E-state index contributed by atoms with van der Waals surface area (Å²) in [6, 6.07) is 0. The van der Waals surface area contributed by atoms with Crippen molar-refractivity contribution in [3.8, 4) is 0 Å². The quantitative estimate of drug-likeness (QED) is 0.566. The van der Waals surface area contributed by atoms with Gasteiger partial charge in [0, 0.05) is 11.6 Å². The van der Waals surface area contributed by atoms with Crippen molar-refractivity contribution >= 4 is 0 Å². The van der Waals surface area contributed by atoms with E-state index >= 15 is 0 Å². The van der Waals surface area contributed by atoms with Crippen LogP contribution in [0.5, 0.6) is 0 Å². The Balaban J connectivity index is 1.87. The molecule has 0 spiro atoms. The minimum atomic E-state index is -1.35. The molecule has 0 amide bonds. The Bertz CT molecular complexity index is 795. The van der Waals surface area contributed by atoms with E-state index in [9.17, 15) is 15.3 Å². The number of aromatic nitrogens is 3. The van der Waals surface area contributed by atoms with Gasteiger partial charge in [-0.15, -0.1) is 5.10 Å². The molecule has 190 valence electrons. The third-order valence-corrected chi connectivity index (χ3v) is 6.47. The lowest BCUT2D eigenvalue weighted by Crippen LogP contribution is -2.64. The Morgan fingerprint density at radius 3 is 2.36 bits per heavy atom. The van der Waals surface area contributed by atoms with E-state index in [4.69, 9.17) is 18.9 Å².